The van der Waals surface area contributed by atoms with E-state index in [0.29, 0.717) is 29.0 Å². The Morgan fingerprint density at radius 3 is 2.18 bits per heavy atom. The maximum absolute atomic E-state index is 5.87. The molecule has 17 heavy (non-hydrogen) atoms. The average Bonchev–Trinajstić information content (AvgIpc) is 2.51. The van der Waals surface area contributed by atoms with Crippen molar-refractivity contribution in [3.05, 3.63) is 0 Å². The van der Waals surface area contributed by atoms with Gasteiger partial charge in [-0.3, -0.25) is 0 Å². The van der Waals surface area contributed by atoms with Crippen molar-refractivity contribution in [2.24, 2.45) is 16.7 Å². The summed E-state index contributed by atoms with van der Waals surface area (Å²) in [6, 6.07) is 0. The molecule has 0 bridgehead atoms. The van der Waals surface area contributed by atoms with Crippen molar-refractivity contribution >= 4 is 0 Å². The van der Waals surface area contributed by atoms with E-state index in [1.165, 1.54) is 19.3 Å². The lowest BCUT2D eigenvalue weighted by Gasteiger charge is -2.44. The Labute approximate surface area is 106 Å². The highest BCUT2D eigenvalue weighted by Gasteiger charge is 2.42. The summed E-state index contributed by atoms with van der Waals surface area (Å²) >= 11 is 0. The standard InChI is InChI=1S/C15H28O2/c1-11-6-14(3,4)13(9-16-11)8-15(5)7-12(2)17-10-15/h11-13H,6-10H2,1-5H3/t11-,12-,13?,15?/m0/s1. The van der Waals surface area contributed by atoms with Crippen LogP contribution in [0.25, 0.3) is 0 Å². The second-order valence-electron chi connectivity index (χ2n) is 7.37. The molecule has 2 aliphatic heterocycles. The second kappa shape index (κ2) is 4.55. The topological polar surface area (TPSA) is 18.5 Å². The second-order valence-corrected chi connectivity index (χ2v) is 7.37. The minimum absolute atomic E-state index is 0.366. The SMILES string of the molecule is C[C@H]1CC(C)(CC2CO[C@@H](C)CC2(C)C)CO1. The van der Waals surface area contributed by atoms with Crippen LogP contribution in [0.3, 0.4) is 0 Å². The van der Waals surface area contributed by atoms with Crippen LogP contribution in [0, 0.1) is 16.7 Å². The molecule has 2 aliphatic rings. The van der Waals surface area contributed by atoms with Gasteiger partial charge in [0.1, 0.15) is 0 Å². The molecule has 2 rings (SSSR count). The zero-order valence-electron chi connectivity index (χ0n) is 12.1. The van der Waals surface area contributed by atoms with Crippen LogP contribution in [0.4, 0.5) is 0 Å². The Balaban J connectivity index is 1.98. The predicted molar refractivity (Wildman–Crippen MR) is 70.1 cm³/mol. The molecule has 0 aromatic carbocycles. The monoisotopic (exact) mass is 240 g/mol. The van der Waals surface area contributed by atoms with Gasteiger partial charge in [-0.25, -0.2) is 0 Å². The number of ether oxygens (including phenoxy) is 2. The largest absolute Gasteiger partial charge is 0.378 e. The molecule has 0 radical (unpaired) electrons. The van der Waals surface area contributed by atoms with E-state index in [-0.39, 0.29) is 0 Å². The third-order valence-electron chi connectivity index (χ3n) is 4.74. The molecule has 100 valence electrons. The van der Waals surface area contributed by atoms with E-state index in [0.717, 1.165) is 13.2 Å². The smallest absolute Gasteiger partial charge is 0.0553 e. The Morgan fingerprint density at radius 2 is 1.65 bits per heavy atom. The van der Waals surface area contributed by atoms with Crippen LogP contribution in [-0.4, -0.2) is 25.4 Å². The fraction of sp³-hybridized carbons (Fsp3) is 1.00. The van der Waals surface area contributed by atoms with Gasteiger partial charge in [0.05, 0.1) is 25.4 Å². The summed E-state index contributed by atoms with van der Waals surface area (Å²) < 4.78 is 11.6. The molecule has 0 spiro atoms. The molecule has 0 aromatic heterocycles. The van der Waals surface area contributed by atoms with Crippen molar-refractivity contribution in [3.8, 4) is 0 Å². The van der Waals surface area contributed by atoms with Gasteiger partial charge in [-0.1, -0.05) is 20.8 Å². The molecule has 4 atom stereocenters. The first-order valence-electron chi connectivity index (χ1n) is 7.04. The summed E-state index contributed by atoms with van der Waals surface area (Å²) in [5.41, 5.74) is 0.776. The normalized spacial score (nSPS) is 46.1. The highest BCUT2D eigenvalue weighted by atomic mass is 16.5. The fourth-order valence-corrected chi connectivity index (χ4v) is 3.70. The lowest BCUT2D eigenvalue weighted by atomic mass is 9.66. The minimum Gasteiger partial charge on any atom is -0.378 e. The molecular formula is C15H28O2. The van der Waals surface area contributed by atoms with E-state index in [1.807, 2.05) is 0 Å². The van der Waals surface area contributed by atoms with E-state index < -0.39 is 0 Å². The molecular weight excluding hydrogens is 212 g/mol. The van der Waals surface area contributed by atoms with E-state index in [4.69, 9.17) is 9.47 Å². The maximum atomic E-state index is 5.87. The van der Waals surface area contributed by atoms with Crippen molar-refractivity contribution in [2.45, 2.75) is 66.1 Å². The number of hydrogen-bond donors (Lipinski definition) is 0. The zero-order valence-corrected chi connectivity index (χ0v) is 12.1. The molecule has 2 heterocycles. The molecule has 0 aromatic rings. The van der Waals surface area contributed by atoms with Gasteiger partial charge < -0.3 is 9.47 Å². The Bertz CT molecular complexity index is 274. The molecule has 2 heteroatoms. The molecule has 0 saturated carbocycles. The summed E-state index contributed by atoms with van der Waals surface area (Å²) in [5.74, 6) is 0.678. The van der Waals surface area contributed by atoms with Crippen LogP contribution in [0.1, 0.15) is 53.9 Å². The van der Waals surface area contributed by atoms with Gasteiger partial charge in [0.2, 0.25) is 0 Å². The Hall–Kier alpha value is -0.0800. The summed E-state index contributed by atoms with van der Waals surface area (Å²) in [7, 11) is 0. The highest BCUT2D eigenvalue weighted by Crippen LogP contribution is 2.46. The van der Waals surface area contributed by atoms with Crippen LogP contribution in [0.2, 0.25) is 0 Å². The molecule has 2 nitrogen and oxygen atoms in total. The first-order chi connectivity index (χ1) is 7.81. The molecule has 0 amide bonds. The lowest BCUT2D eigenvalue weighted by Crippen LogP contribution is -2.41. The number of hydrogen-bond acceptors (Lipinski definition) is 2. The van der Waals surface area contributed by atoms with Crippen molar-refractivity contribution in [3.63, 3.8) is 0 Å². The lowest BCUT2D eigenvalue weighted by molar-refractivity contribution is -0.0842. The van der Waals surface area contributed by atoms with Gasteiger partial charge in [0, 0.05) is 0 Å². The summed E-state index contributed by atoms with van der Waals surface area (Å²) in [6.07, 6.45) is 4.50. The van der Waals surface area contributed by atoms with Crippen LogP contribution >= 0.6 is 0 Å². The number of rotatable bonds is 2. The average molecular weight is 240 g/mol. The van der Waals surface area contributed by atoms with Crippen molar-refractivity contribution in [1.82, 2.24) is 0 Å². The Morgan fingerprint density at radius 1 is 1.00 bits per heavy atom. The third kappa shape index (κ3) is 3.03. The Kier molecular flexibility index (Phi) is 3.57. The van der Waals surface area contributed by atoms with Crippen molar-refractivity contribution in [1.29, 1.82) is 0 Å². The van der Waals surface area contributed by atoms with Crippen LogP contribution < -0.4 is 0 Å². The maximum Gasteiger partial charge on any atom is 0.0553 e. The highest BCUT2D eigenvalue weighted by molar-refractivity contribution is 4.91. The molecule has 2 fully saturated rings. The van der Waals surface area contributed by atoms with E-state index in [1.54, 1.807) is 0 Å². The van der Waals surface area contributed by atoms with Crippen LogP contribution in [0.5, 0.6) is 0 Å². The van der Waals surface area contributed by atoms with E-state index in [9.17, 15) is 0 Å². The summed E-state index contributed by atoms with van der Waals surface area (Å²) in [5, 5.41) is 0. The van der Waals surface area contributed by atoms with E-state index >= 15 is 0 Å². The molecule has 2 unspecified atom stereocenters. The van der Waals surface area contributed by atoms with Gasteiger partial charge in [-0.05, 0) is 49.9 Å². The third-order valence-corrected chi connectivity index (χ3v) is 4.74. The first-order valence-corrected chi connectivity index (χ1v) is 7.04. The van der Waals surface area contributed by atoms with E-state index in [2.05, 4.69) is 34.6 Å². The van der Waals surface area contributed by atoms with Crippen LogP contribution in [0.15, 0.2) is 0 Å². The quantitative estimate of drug-likeness (QED) is 0.733. The van der Waals surface area contributed by atoms with Gasteiger partial charge in [0.15, 0.2) is 0 Å². The molecule has 2 saturated heterocycles. The summed E-state index contributed by atoms with van der Waals surface area (Å²) in [4.78, 5) is 0. The van der Waals surface area contributed by atoms with Crippen molar-refractivity contribution < 1.29 is 9.47 Å². The fourth-order valence-electron chi connectivity index (χ4n) is 3.70. The van der Waals surface area contributed by atoms with Gasteiger partial charge in [-0.2, -0.15) is 0 Å². The van der Waals surface area contributed by atoms with Gasteiger partial charge in [-0.15, -0.1) is 0 Å². The van der Waals surface area contributed by atoms with Crippen LogP contribution in [-0.2, 0) is 9.47 Å². The summed E-state index contributed by atoms with van der Waals surface area (Å²) in [6.45, 7) is 13.4. The van der Waals surface area contributed by atoms with Crippen molar-refractivity contribution in [2.75, 3.05) is 13.2 Å². The zero-order chi connectivity index (χ0) is 12.7. The molecule has 0 N–H and O–H groups in total. The minimum atomic E-state index is 0.366. The van der Waals surface area contributed by atoms with Gasteiger partial charge in [0.25, 0.3) is 0 Å². The molecule has 0 aliphatic carbocycles. The predicted octanol–water partition coefficient (Wildman–Crippen LogP) is 3.64. The first kappa shape index (κ1) is 13.4. The van der Waals surface area contributed by atoms with Gasteiger partial charge >= 0.3 is 0 Å².